The Kier molecular flexibility index (Phi) is 6.46. The van der Waals surface area contributed by atoms with Gasteiger partial charge in [0, 0.05) is 12.0 Å². The van der Waals surface area contributed by atoms with Crippen molar-refractivity contribution in [3.63, 3.8) is 0 Å². The third-order valence-electron chi connectivity index (χ3n) is 3.79. The van der Waals surface area contributed by atoms with Crippen LogP contribution in [0.5, 0.6) is 0 Å². The minimum absolute atomic E-state index is 0.0690. The maximum absolute atomic E-state index is 12.3. The number of aliphatic carboxylic acids is 1. The Morgan fingerprint density at radius 1 is 0.962 bits per heavy atom. The zero-order chi connectivity index (χ0) is 19.0. The van der Waals surface area contributed by atoms with Crippen molar-refractivity contribution >= 4 is 17.8 Å². The second kappa shape index (κ2) is 8.77. The fraction of sp³-hybridized carbons (Fsp3) is 0.211. The molecule has 0 aromatic heterocycles. The molecule has 1 amide bonds. The van der Waals surface area contributed by atoms with E-state index in [0.717, 1.165) is 0 Å². The van der Waals surface area contributed by atoms with Gasteiger partial charge in [-0.05, 0) is 5.56 Å². The van der Waals surface area contributed by atoms with Crippen LogP contribution in [0.2, 0.25) is 0 Å². The molecule has 0 bridgehead atoms. The van der Waals surface area contributed by atoms with Gasteiger partial charge in [0.25, 0.3) is 0 Å². The van der Waals surface area contributed by atoms with Gasteiger partial charge in [0.15, 0.2) is 11.3 Å². The van der Waals surface area contributed by atoms with E-state index in [9.17, 15) is 24.6 Å². The molecule has 2 aromatic carbocycles. The van der Waals surface area contributed by atoms with E-state index in [2.05, 4.69) is 5.32 Å². The third-order valence-corrected chi connectivity index (χ3v) is 3.79. The first-order valence-electron chi connectivity index (χ1n) is 7.88. The third kappa shape index (κ3) is 4.90. The molecule has 136 valence electrons. The van der Waals surface area contributed by atoms with Crippen molar-refractivity contribution in [3.05, 3.63) is 71.8 Å². The summed E-state index contributed by atoms with van der Waals surface area (Å²) >= 11 is 0. The van der Waals surface area contributed by atoms with E-state index in [4.69, 9.17) is 4.74 Å². The fourth-order valence-corrected chi connectivity index (χ4v) is 2.29. The van der Waals surface area contributed by atoms with E-state index in [-0.39, 0.29) is 12.2 Å². The Bertz CT molecular complexity index is 762. The number of carboxylic acid groups (broad SMARTS) is 1. The van der Waals surface area contributed by atoms with E-state index in [1.165, 1.54) is 12.1 Å². The van der Waals surface area contributed by atoms with Gasteiger partial charge in [-0.1, -0.05) is 60.7 Å². The van der Waals surface area contributed by atoms with Crippen LogP contribution in [0.25, 0.3) is 0 Å². The van der Waals surface area contributed by atoms with Crippen LogP contribution in [-0.4, -0.2) is 40.2 Å². The highest BCUT2D eigenvalue weighted by Crippen LogP contribution is 2.16. The Labute approximate surface area is 150 Å². The Morgan fingerprint density at radius 2 is 1.54 bits per heavy atom. The lowest BCUT2D eigenvalue weighted by molar-refractivity contribution is -0.146. The van der Waals surface area contributed by atoms with Gasteiger partial charge in [-0.2, -0.15) is 0 Å². The van der Waals surface area contributed by atoms with Crippen molar-refractivity contribution in [1.82, 2.24) is 5.32 Å². The average Bonchev–Trinajstić information content (AvgIpc) is 2.67. The number of alkyl carbamates (subject to hydrolysis) is 1. The lowest BCUT2D eigenvalue weighted by Crippen LogP contribution is -2.58. The van der Waals surface area contributed by atoms with Crippen molar-refractivity contribution in [2.75, 3.05) is 6.61 Å². The van der Waals surface area contributed by atoms with Crippen molar-refractivity contribution in [2.24, 2.45) is 0 Å². The number of carboxylic acids is 1. The van der Waals surface area contributed by atoms with Gasteiger partial charge in [0.05, 0.1) is 6.61 Å². The van der Waals surface area contributed by atoms with Crippen LogP contribution in [0.3, 0.4) is 0 Å². The molecular formula is C19H19NO6. The predicted octanol–water partition coefficient (Wildman–Crippen LogP) is 2.00. The second-order valence-corrected chi connectivity index (χ2v) is 5.70. The predicted molar refractivity (Wildman–Crippen MR) is 92.6 cm³/mol. The highest BCUT2D eigenvalue weighted by molar-refractivity contribution is 6.00. The molecule has 1 atom stereocenters. The number of rotatable bonds is 8. The molecule has 7 heteroatoms. The summed E-state index contributed by atoms with van der Waals surface area (Å²) in [5, 5.41) is 21.2. The van der Waals surface area contributed by atoms with E-state index in [1.807, 2.05) is 0 Å². The Balaban J connectivity index is 2.06. The average molecular weight is 357 g/mol. The fourth-order valence-electron chi connectivity index (χ4n) is 2.29. The summed E-state index contributed by atoms with van der Waals surface area (Å²) in [4.78, 5) is 36.0. The van der Waals surface area contributed by atoms with Gasteiger partial charge in [0.2, 0.25) is 0 Å². The molecule has 0 radical (unpaired) electrons. The molecule has 2 rings (SSSR count). The number of amides is 1. The summed E-state index contributed by atoms with van der Waals surface area (Å²) in [6.07, 6.45) is -1.64. The van der Waals surface area contributed by atoms with Gasteiger partial charge in [-0.25, -0.2) is 9.59 Å². The largest absolute Gasteiger partial charge is 0.479 e. The number of hydrogen-bond donors (Lipinski definition) is 3. The summed E-state index contributed by atoms with van der Waals surface area (Å²) < 4.78 is 4.99. The molecular weight excluding hydrogens is 338 g/mol. The van der Waals surface area contributed by atoms with Crippen LogP contribution in [0.15, 0.2) is 60.7 Å². The number of hydrogen-bond acceptors (Lipinski definition) is 5. The number of benzene rings is 2. The minimum atomic E-state index is -2.17. The topological polar surface area (TPSA) is 113 Å². The van der Waals surface area contributed by atoms with Gasteiger partial charge >= 0.3 is 12.1 Å². The summed E-state index contributed by atoms with van der Waals surface area (Å²) in [7, 11) is 0. The monoisotopic (exact) mass is 357 g/mol. The molecule has 7 nitrogen and oxygen atoms in total. The van der Waals surface area contributed by atoms with Crippen molar-refractivity contribution in [2.45, 2.75) is 18.6 Å². The summed E-state index contributed by atoms with van der Waals surface area (Å²) in [5.74, 6) is -2.05. The molecule has 0 aliphatic rings. The molecule has 2 aromatic rings. The first-order valence-corrected chi connectivity index (χ1v) is 7.88. The molecule has 0 heterocycles. The normalized spacial score (nSPS) is 12.7. The number of carbonyl (C=O) groups is 3. The first kappa shape index (κ1) is 19.1. The molecule has 0 saturated carbocycles. The van der Waals surface area contributed by atoms with Crippen LogP contribution in [-0.2, 0) is 16.1 Å². The number of ketones is 1. The van der Waals surface area contributed by atoms with E-state index in [0.29, 0.717) is 5.56 Å². The number of aliphatic hydroxyl groups excluding tert-OH is 1. The van der Waals surface area contributed by atoms with Crippen LogP contribution >= 0.6 is 0 Å². The standard InChI is InChI=1S/C19H19NO6/c21-13-19(17(23)24,11-16(22)15-9-5-2-6-10-15)20-18(25)26-12-14-7-3-1-4-8-14/h1-10,21H,11-13H2,(H,20,25)(H,23,24)/t19-/m0/s1. The molecule has 0 saturated heterocycles. The Morgan fingerprint density at radius 3 is 2.08 bits per heavy atom. The molecule has 0 unspecified atom stereocenters. The molecule has 0 spiro atoms. The summed E-state index contributed by atoms with van der Waals surface area (Å²) in [6.45, 7) is -1.03. The number of aliphatic hydroxyl groups is 1. The van der Waals surface area contributed by atoms with Crippen LogP contribution in [0.4, 0.5) is 4.79 Å². The molecule has 0 fully saturated rings. The zero-order valence-electron chi connectivity index (χ0n) is 13.9. The van der Waals surface area contributed by atoms with Gasteiger partial charge in [-0.3, -0.25) is 4.79 Å². The lowest BCUT2D eigenvalue weighted by Gasteiger charge is -2.27. The lowest BCUT2D eigenvalue weighted by atomic mass is 9.91. The van der Waals surface area contributed by atoms with Crippen molar-refractivity contribution in [1.29, 1.82) is 0 Å². The van der Waals surface area contributed by atoms with Gasteiger partial charge in [0.1, 0.15) is 6.61 Å². The van der Waals surface area contributed by atoms with Crippen molar-refractivity contribution in [3.8, 4) is 0 Å². The molecule has 0 aliphatic carbocycles. The molecule has 26 heavy (non-hydrogen) atoms. The maximum atomic E-state index is 12.3. The van der Waals surface area contributed by atoms with E-state index >= 15 is 0 Å². The summed E-state index contributed by atoms with van der Waals surface area (Å²) in [6, 6.07) is 16.9. The highest BCUT2D eigenvalue weighted by Gasteiger charge is 2.42. The summed E-state index contributed by atoms with van der Waals surface area (Å²) in [5.41, 5.74) is -1.17. The maximum Gasteiger partial charge on any atom is 0.408 e. The van der Waals surface area contributed by atoms with Gasteiger partial charge < -0.3 is 20.3 Å². The van der Waals surface area contributed by atoms with Crippen molar-refractivity contribution < 1.29 is 29.3 Å². The zero-order valence-corrected chi connectivity index (χ0v) is 13.9. The number of ether oxygens (including phenoxy) is 1. The van der Waals surface area contributed by atoms with Crippen LogP contribution in [0, 0.1) is 0 Å². The van der Waals surface area contributed by atoms with Crippen LogP contribution < -0.4 is 5.32 Å². The smallest absolute Gasteiger partial charge is 0.408 e. The molecule has 3 N–H and O–H groups in total. The number of nitrogens with one attached hydrogen (secondary N) is 1. The quantitative estimate of drug-likeness (QED) is 0.623. The number of carbonyl (C=O) groups excluding carboxylic acids is 2. The van der Waals surface area contributed by atoms with Crippen LogP contribution in [0.1, 0.15) is 22.3 Å². The van der Waals surface area contributed by atoms with E-state index in [1.54, 1.807) is 48.5 Å². The highest BCUT2D eigenvalue weighted by atomic mass is 16.5. The minimum Gasteiger partial charge on any atom is -0.479 e. The first-order chi connectivity index (χ1) is 12.5. The number of Topliss-reactive ketones (excluding diaryl/α,β-unsaturated/α-hetero) is 1. The Hall–Kier alpha value is -3.19. The van der Waals surface area contributed by atoms with E-state index < -0.39 is 36.4 Å². The van der Waals surface area contributed by atoms with Gasteiger partial charge in [-0.15, -0.1) is 0 Å². The second-order valence-electron chi connectivity index (χ2n) is 5.70. The SMILES string of the molecule is O=C(N[C@](CO)(CC(=O)c1ccccc1)C(=O)O)OCc1ccccc1. The molecule has 0 aliphatic heterocycles.